The van der Waals surface area contributed by atoms with Crippen molar-refractivity contribution >= 4 is 29.4 Å². The van der Waals surface area contributed by atoms with Crippen LogP contribution in [0.2, 0.25) is 0 Å². The minimum atomic E-state index is -1.41. The van der Waals surface area contributed by atoms with Crippen molar-refractivity contribution in [2.24, 2.45) is 5.92 Å². The van der Waals surface area contributed by atoms with Gasteiger partial charge < -0.3 is 30.1 Å². The lowest BCUT2D eigenvalue weighted by atomic mass is 9.92. The van der Waals surface area contributed by atoms with Crippen molar-refractivity contribution < 1.29 is 29.6 Å². The minimum absolute atomic E-state index is 0.205. The van der Waals surface area contributed by atoms with Gasteiger partial charge in [0.25, 0.3) is 0 Å². The van der Waals surface area contributed by atoms with Gasteiger partial charge in [0.1, 0.15) is 35.9 Å². The number of carbonyl (C=O) groups excluding carboxylic acids is 1. The molecule has 0 saturated carbocycles. The molecule has 1 amide bonds. The van der Waals surface area contributed by atoms with Gasteiger partial charge in [-0.3, -0.25) is 14.7 Å². The highest BCUT2D eigenvalue weighted by atomic mass is 32.2. The Morgan fingerprint density at radius 1 is 1.10 bits per heavy atom. The van der Waals surface area contributed by atoms with E-state index in [-0.39, 0.29) is 23.2 Å². The van der Waals surface area contributed by atoms with Crippen LogP contribution >= 0.6 is 23.5 Å². The Kier molecular flexibility index (Phi) is 10.1. The van der Waals surface area contributed by atoms with Gasteiger partial charge in [-0.15, -0.1) is 23.5 Å². The second kappa shape index (κ2) is 13.6. The standard InChI is InChI=1S/C30H39N3O6S2/c1-17(41-21-11-9-18(10-12-21)19-8-6-13-31-15-19)22(28-25(35)24(34)26(36)30(39-28)40-3)32-29(37)23-27-20(16-33(23)2)7-4-5-14-38-27/h4-6,8-13,15,17,20,22-28,30,34-36H,7,14,16H2,1-3H3,(H,32,37)/t17-,20-,22+,23-,24+,25?,26+,27+,28+,30?/m0/s1. The van der Waals surface area contributed by atoms with Crippen LogP contribution in [0.3, 0.4) is 0 Å². The van der Waals surface area contributed by atoms with E-state index < -0.39 is 41.9 Å². The Balaban J connectivity index is 1.38. The van der Waals surface area contributed by atoms with Crippen LogP contribution in [0.1, 0.15) is 13.3 Å². The average molecular weight is 602 g/mol. The maximum Gasteiger partial charge on any atom is 0.240 e. The van der Waals surface area contributed by atoms with Crippen molar-refractivity contribution in [2.75, 3.05) is 26.5 Å². The Hall–Kier alpha value is -1.96. The predicted molar refractivity (Wildman–Crippen MR) is 161 cm³/mol. The quantitative estimate of drug-likeness (QED) is 0.264. The van der Waals surface area contributed by atoms with Crippen molar-refractivity contribution in [1.29, 1.82) is 0 Å². The monoisotopic (exact) mass is 601 g/mol. The van der Waals surface area contributed by atoms with E-state index >= 15 is 0 Å². The first kappa shape index (κ1) is 30.5. The number of fused-ring (bicyclic) bond motifs is 1. The van der Waals surface area contributed by atoms with Gasteiger partial charge in [-0.25, -0.2) is 0 Å². The summed E-state index contributed by atoms with van der Waals surface area (Å²) >= 11 is 2.80. The van der Waals surface area contributed by atoms with E-state index in [1.165, 1.54) is 11.8 Å². The summed E-state index contributed by atoms with van der Waals surface area (Å²) in [5.74, 6) is 0.0100. The number of nitrogens with zero attached hydrogens (tertiary/aromatic N) is 2. The number of aliphatic hydroxyl groups is 3. The van der Waals surface area contributed by atoms with Crippen molar-refractivity contribution in [1.82, 2.24) is 15.2 Å². The predicted octanol–water partition coefficient (Wildman–Crippen LogP) is 2.16. The largest absolute Gasteiger partial charge is 0.388 e. The molecular weight excluding hydrogens is 562 g/mol. The molecule has 4 heterocycles. The second-order valence-electron chi connectivity index (χ2n) is 10.9. The van der Waals surface area contributed by atoms with Gasteiger partial charge in [0.2, 0.25) is 5.91 Å². The molecule has 1 aromatic carbocycles. The number of likely N-dealkylation sites (tertiary alicyclic amines) is 1. The molecule has 5 rings (SSSR count). The van der Waals surface area contributed by atoms with Gasteiger partial charge in [0.15, 0.2) is 0 Å². The van der Waals surface area contributed by atoms with E-state index in [0.717, 1.165) is 29.0 Å². The smallest absolute Gasteiger partial charge is 0.240 e. The van der Waals surface area contributed by atoms with E-state index in [9.17, 15) is 20.1 Å². The molecule has 222 valence electrons. The van der Waals surface area contributed by atoms with Gasteiger partial charge >= 0.3 is 0 Å². The lowest BCUT2D eigenvalue weighted by Gasteiger charge is -2.45. The summed E-state index contributed by atoms with van der Waals surface area (Å²) in [4.78, 5) is 21.1. The first-order valence-corrected chi connectivity index (χ1v) is 16.1. The van der Waals surface area contributed by atoms with Crippen LogP contribution in [-0.2, 0) is 14.3 Å². The van der Waals surface area contributed by atoms with Crippen molar-refractivity contribution in [3.05, 3.63) is 60.9 Å². The fourth-order valence-corrected chi connectivity index (χ4v) is 7.79. The molecule has 0 aliphatic carbocycles. The highest BCUT2D eigenvalue weighted by molar-refractivity contribution is 8.00. The number of rotatable bonds is 8. The summed E-state index contributed by atoms with van der Waals surface area (Å²) in [6.07, 6.45) is 5.07. The molecular formula is C30H39N3O6S2. The molecule has 10 atom stereocenters. The van der Waals surface area contributed by atoms with Gasteiger partial charge in [-0.1, -0.05) is 37.3 Å². The van der Waals surface area contributed by atoms with Crippen LogP contribution in [-0.4, -0.2) is 111 Å². The van der Waals surface area contributed by atoms with Crippen molar-refractivity contribution in [2.45, 2.75) is 71.5 Å². The normalized spacial score (nSPS) is 33.5. The Morgan fingerprint density at radius 2 is 1.88 bits per heavy atom. The molecule has 9 nitrogen and oxygen atoms in total. The number of thioether (sulfide) groups is 2. The summed E-state index contributed by atoms with van der Waals surface area (Å²) in [6.45, 7) is 3.18. The molecule has 41 heavy (non-hydrogen) atoms. The Morgan fingerprint density at radius 3 is 2.59 bits per heavy atom. The molecule has 0 bridgehead atoms. The van der Waals surface area contributed by atoms with Crippen LogP contribution in [0, 0.1) is 5.92 Å². The SMILES string of the molecule is CSC1O[C@H]([C@H](NC(=O)[C@@H]2[C@@H]3OCC=CC[C@H]3CN2C)[C@H](C)Sc2ccc(-c3cccnc3)cc2)C(O)[C@@H](O)[C@H]1O. The Labute approximate surface area is 249 Å². The number of likely N-dealkylation sites (N-methyl/N-ethyl adjacent to an activating group) is 1. The minimum Gasteiger partial charge on any atom is -0.388 e. The molecule has 4 N–H and O–H groups in total. The zero-order chi connectivity index (χ0) is 29.1. The fraction of sp³-hybridized carbons (Fsp3) is 0.533. The number of amides is 1. The second-order valence-corrected chi connectivity index (χ2v) is 13.3. The molecule has 0 radical (unpaired) electrons. The van der Waals surface area contributed by atoms with E-state index in [1.807, 2.05) is 67.5 Å². The Bertz CT molecular complexity index is 1190. The number of aliphatic hydroxyl groups excluding tert-OH is 3. The number of pyridine rings is 1. The fourth-order valence-electron chi connectivity index (χ4n) is 6.02. The van der Waals surface area contributed by atoms with Gasteiger partial charge in [0, 0.05) is 35.0 Å². The molecule has 11 heteroatoms. The molecule has 3 aliphatic rings. The number of nitrogens with one attached hydrogen (secondary N) is 1. The summed E-state index contributed by atoms with van der Waals surface area (Å²) in [5, 5.41) is 35.2. The van der Waals surface area contributed by atoms with Crippen LogP contribution in [0.15, 0.2) is 65.8 Å². The topological polar surface area (TPSA) is 124 Å². The number of hydrogen-bond acceptors (Lipinski definition) is 10. The van der Waals surface area contributed by atoms with Crippen LogP contribution in [0.4, 0.5) is 0 Å². The highest BCUT2D eigenvalue weighted by Crippen LogP contribution is 2.35. The summed E-state index contributed by atoms with van der Waals surface area (Å²) in [5.41, 5.74) is 1.32. The molecule has 2 fully saturated rings. The van der Waals surface area contributed by atoms with Crippen LogP contribution < -0.4 is 5.32 Å². The number of allylic oxidation sites excluding steroid dienone is 1. The van der Waals surface area contributed by atoms with Crippen LogP contribution in [0.25, 0.3) is 11.1 Å². The lowest BCUT2D eigenvalue weighted by molar-refractivity contribution is -0.205. The van der Waals surface area contributed by atoms with Gasteiger partial charge in [-0.2, -0.15) is 0 Å². The van der Waals surface area contributed by atoms with E-state index in [0.29, 0.717) is 6.61 Å². The summed E-state index contributed by atoms with van der Waals surface area (Å²) in [6, 6.07) is 10.8. The van der Waals surface area contributed by atoms with E-state index in [2.05, 4.69) is 16.4 Å². The molecule has 2 saturated heterocycles. The summed E-state index contributed by atoms with van der Waals surface area (Å²) < 4.78 is 12.3. The highest BCUT2D eigenvalue weighted by Gasteiger charge is 2.50. The third kappa shape index (κ3) is 6.67. The molecule has 2 unspecified atom stereocenters. The van der Waals surface area contributed by atoms with Gasteiger partial charge in [-0.05, 0) is 49.1 Å². The maximum atomic E-state index is 13.9. The summed E-state index contributed by atoms with van der Waals surface area (Å²) in [7, 11) is 1.93. The van der Waals surface area contributed by atoms with Crippen molar-refractivity contribution in [3.63, 3.8) is 0 Å². The molecule has 0 spiro atoms. The first-order chi connectivity index (χ1) is 19.8. The van der Waals surface area contributed by atoms with Gasteiger partial charge in [0.05, 0.1) is 18.8 Å². The average Bonchev–Trinajstić information content (AvgIpc) is 3.13. The first-order valence-electron chi connectivity index (χ1n) is 13.9. The van der Waals surface area contributed by atoms with Crippen molar-refractivity contribution in [3.8, 4) is 11.1 Å². The van der Waals surface area contributed by atoms with Crippen LogP contribution in [0.5, 0.6) is 0 Å². The lowest BCUT2D eigenvalue weighted by Crippen LogP contribution is -2.65. The molecule has 2 aromatic rings. The van der Waals surface area contributed by atoms with E-state index in [1.54, 1.807) is 24.2 Å². The number of carbonyl (C=O) groups is 1. The number of aromatic nitrogens is 1. The molecule has 1 aromatic heterocycles. The zero-order valence-corrected chi connectivity index (χ0v) is 25.1. The number of ether oxygens (including phenoxy) is 2. The third-order valence-corrected chi connectivity index (χ3v) is 10.3. The third-order valence-electron chi connectivity index (χ3n) is 8.21. The molecule has 3 aliphatic heterocycles. The van der Waals surface area contributed by atoms with E-state index in [4.69, 9.17) is 9.47 Å². The maximum absolute atomic E-state index is 13.9. The number of hydrogen-bond donors (Lipinski definition) is 4. The zero-order valence-electron chi connectivity index (χ0n) is 23.4. The number of benzene rings is 1.